The zero-order chi connectivity index (χ0) is 13.2. The van der Waals surface area contributed by atoms with Crippen molar-refractivity contribution in [2.75, 3.05) is 0 Å². The second kappa shape index (κ2) is 4.69. The number of rotatable bonds is 4. The minimum Gasteiger partial charge on any atom is -0.404 e. The van der Waals surface area contributed by atoms with E-state index in [2.05, 4.69) is 4.98 Å². The molecule has 96 valence electrons. The van der Waals surface area contributed by atoms with Crippen molar-refractivity contribution in [1.29, 1.82) is 0 Å². The van der Waals surface area contributed by atoms with Gasteiger partial charge in [0.05, 0.1) is 17.5 Å². The first-order valence-electron chi connectivity index (χ1n) is 5.52. The first-order chi connectivity index (χ1) is 9.24. The highest BCUT2D eigenvalue weighted by Crippen LogP contribution is 2.24. The fraction of sp³-hybridized carbons (Fsp3) is 0.0833. The zero-order valence-corrected chi connectivity index (χ0v) is 10.5. The number of thiophene rings is 1. The molecule has 0 unspecified atom stereocenters. The van der Waals surface area contributed by atoms with Crippen molar-refractivity contribution in [2.45, 2.75) is 6.54 Å². The molecule has 0 aliphatic rings. The molecule has 7 heteroatoms. The van der Waals surface area contributed by atoms with E-state index in [1.54, 1.807) is 23.6 Å². The maximum Gasteiger partial charge on any atom is 0.433 e. The van der Waals surface area contributed by atoms with Crippen LogP contribution in [0.1, 0.15) is 5.76 Å². The molecule has 0 saturated carbocycles. The van der Waals surface area contributed by atoms with Crippen LogP contribution in [0.3, 0.4) is 0 Å². The van der Waals surface area contributed by atoms with Crippen molar-refractivity contribution in [1.82, 2.24) is 9.55 Å². The van der Waals surface area contributed by atoms with E-state index in [0.29, 0.717) is 12.3 Å². The normalized spacial score (nSPS) is 10.7. The maximum atomic E-state index is 10.6. The van der Waals surface area contributed by atoms with Crippen LogP contribution < -0.4 is 0 Å². The molecule has 0 atom stereocenters. The van der Waals surface area contributed by atoms with Gasteiger partial charge in [0, 0.05) is 12.4 Å². The summed E-state index contributed by atoms with van der Waals surface area (Å²) in [7, 11) is 0. The molecule has 0 aromatic carbocycles. The predicted molar refractivity (Wildman–Crippen MR) is 70.0 cm³/mol. The Labute approximate surface area is 112 Å². The molecule has 0 N–H and O–H groups in total. The van der Waals surface area contributed by atoms with E-state index >= 15 is 0 Å². The van der Waals surface area contributed by atoms with Crippen LogP contribution in [0, 0.1) is 10.1 Å². The Balaban J connectivity index is 1.87. The molecule has 0 radical (unpaired) electrons. The first-order valence-corrected chi connectivity index (χ1v) is 6.40. The predicted octanol–water partition coefficient (Wildman–Crippen LogP) is 3.16. The van der Waals surface area contributed by atoms with Crippen LogP contribution >= 0.6 is 11.3 Å². The SMILES string of the molecule is O=[N+]([O-])c1ccc(Cn2ccnc2-c2cccs2)o1. The highest BCUT2D eigenvalue weighted by atomic mass is 32.1. The molecular formula is C12H9N3O3S. The van der Waals surface area contributed by atoms with Crippen LogP contribution in [-0.4, -0.2) is 14.5 Å². The lowest BCUT2D eigenvalue weighted by Crippen LogP contribution is -1.99. The van der Waals surface area contributed by atoms with Crippen molar-refractivity contribution in [3.05, 3.63) is 57.9 Å². The van der Waals surface area contributed by atoms with Gasteiger partial charge in [0.25, 0.3) is 0 Å². The molecule has 0 bridgehead atoms. The summed E-state index contributed by atoms with van der Waals surface area (Å²) in [4.78, 5) is 15.4. The topological polar surface area (TPSA) is 74.1 Å². The van der Waals surface area contributed by atoms with E-state index in [1.807, 2.05) is 28.3 Å². The largest absolute Gasteiger partial charge is 0.433 e. The van der Waals surface area contributed by atoms with E-state index < -0.39 is 4.92 Å². The number of imidazole rings is 1. The van der Waals surface area contributed by atoms with Gasteiger partial charge in [0.1, 0.15) is 16.5 Å². The lowest BCUT2D eigenvalue weighted by Gasteiger charge is -2.03. The van der Waals surface area contributed by atoms with Crippen molar-refractivity contribution in [2.24, 2.45) is 0 Å². The first kappa shape index (κ1) is 11.7. The summed E-state index contributed by atoms with van der Waals surface area (Å²) in [5, 5.41) is 12.5. The maximum absolute atomic E-state index is 10.6. The monoisotopic (exact) mass is 275 g/mol. The van der Waals surface area contributed by atoms with Crippen LogP contribution in [-0.2, 0) is 6.54 Å². The van der Waals surface area contributed by atoms with Gasteiger partial charge < -0.3 is 8.98 Å². The van der Waals surface area contributed by atoms with Gasteiger partial charge in [0.15, 0.2) is 0 Å². The third-order valence-electron chi connectivity index (χ3n) is 2.61. The molecule has 0 spiro atoms. The molecule has 0 aliphatic carbocycles. The molecular weight excluding hydrogens is 266 g/mol. The van der Waals surface area contributed by atoms with Crippen LogP contribution in [0.2, 0.25) is 0 Å². The van der Waals surface area contributed by atoms with Crippen molar-refractivity contribution in [3.63, 3.8) is 0 Å². The summed E-state index contributed by atoms with van der Waals surface area (Å²) >= 11 is 1.59. The second-order valence-corrected chi connectivity index (χ2v) is 4.80. The number of aromatic nitrogens is 2. The van der Waals surface area contributed by atoms with E-state index in [4.69, 9.17) is 4.42 Å². The van der Waals surface area contributed by atoms with Gasteiger partial charge in [0.2, 0.25) is 0 Å². The third-order valence-corrected chi connectivity index (χ3v) is 3.48. The molecule has 0 saturated heterocycles. The molecule has 3 heterocycles. The smallest absolute Gasteiger partial charge is 0.404 e. The highest BCUT2D eigenvalue weighted by Gasteiger charge is 2.14. The Hall–Kier alpha value is -2.41. The molecule has 0 amide bonds. The standard InChI is InChI=1S/C12H9N3O3S/c16-15(17)11-4-3-9(18-11)8-14-6-5-13-12(14)10-2-1-7-19-10/h1-7H,8H2. The Morgan fingerprint density at radius 2 is 2.32 bits per heavy atom. The fourth-order valence-electron chi connectivity index (χ4n) is 1.79. The summed E-state index contributed by atoms with van der Waals surface area (Å²) in [6.45, 7) is 0.418. The lowest BCUT2D eigenvalue weighted by atomic mass is 10.4. The Kier molecular flexibility index (Phi) is 2.88. The Morgan fingerprint density at radius 3 is 3.00 bits per heavy atom. The minimum atomic E-state index is -0.544. The van der Waals surface area contributed by atoms with Crippen molar-refractivity contribution in [3.8, 4) is 10.7 Å². The summed E-state index contributed by atoms with van der Waals surface area (Å²) in [5.74, 6) is 1.12. The van der Waals surface area contributed by atoms with E-state index in [9.17, 15) is 10.1 Å². The van der Waals surface area contributed by atoms with Crippen molar-refractivity contribution < 1.29 is 9.34 Å². The van der Waals surface area contributed by atoms with Gasteiger partial charge in [-0.3, -0.25) is 10.1 Å². The number of nitro groups is 1. The van der Waals surface area contributed by atoms with Gasteiger partial charge in [-0.25, -0.2) is 4.98 Å². The van der Waals surface area contributed by atoms with E-state index in [0.717, 1.165) is 10.7 Å². The molecule has 19 heavy (non-hydrogen) atoms. The molecule has 3 aromatic heterocycles. The third kappa shape index (κ3) is 2.27. The molecule has 0 aliphatic heterocycles. The number of nitrogens with zero attached hydrogens (tertiary/aromatic N) is 3. The average Bonchev–Trinajstić information content (AvgIpc) is 3.09. The quantitative estimate of drug-likeness (QED) is 0.541. The number of furan rings is 1. The van der Waals surface area contributed by atoms with Crippen LogP contribution in [0.15, 0.2) is 46.5 Å². The van der Waals surface area contributed by atoms with E-state index in [-0.39, 0.29) is 5.88 Å². The summed E-state index contributed by atoms with van der Waals surface area (Å²) < 4.78 is 7.04. The Bertz CT molecular complexity index is 699. The number of hydrogen-bond donors (Lipinski definition) is 0. The lowest BCUT2D eigenvalue weighted by molar-refractivity contribution is -0.402. The van der Waals surface area contributed by atoms with Crippen LogP contribution in [0.4, 0.5) is 5.88 Å². The van der Waals surface area contributed by atoms with Crippen LogP contribution in [0.25, 0.3) is 10.7 Å². The van der Waals surface area contributed by atoms with Crippen LogP contribution in [0.5, 0.6) is 0 Å². The van der Waals surface area contributed by atoms with Crippen molar-refractivity contribution >= 4 is 17.2 Å². The van der Waals surface area contributed by atoms with Gasteiger partial charge in [-0.15, -0.1) is 11.3 Å². The number of hydrogen-bond acceptors (Lipinski definition) is 5. The molecule has 3 rings (SSSR count). The van der Waals surface area contributed by atoms with Gasteiger partial charge >= 0.3 is 5.88 Å². The van der Waals surface area contributed by atoms with Gasteiger partial charge in [-0.2, -0.15) is 0 Å². The van der Waals surface area contributed by atoms with Gasteiger partial charge in [-0.05, 0) is 17.5 Å². The molecule has 0 fully saturated rings. The average molecular weight is 275 g/mol. The molecule has 3 aromatic rings. The highest BCUT2D eigenvalue weighted by molar-refractivity contribution is 7.13. The van der Waals surface area contributed by atoms with Gasteiger partial charge in [-0.1, -0.05) is 6.07 Å². The minimum absolute atomic E-state index is 0.243. The fourth-order valence-corrected chi connectivity index (χ4v) is 2.52. The van der Waals surface area contributed by atoms with E-state index in [1.165, 1.54) is 6.07 Å². The molecule has 6 nitrogen and oxygen atoms in total. The summed E-state index contributed by atoms with van der Waals surface area (Å²) in [5.41, 5.74) is 0. The second-order valence-electron chi connectivity index (χ2n) is 3.85. The summed E-state index contributed by atoms with van der Waals surface area (Å²) in [6, 6.07) is 6.90. The Morgan fingerprint density at radius 1 is 1.42 bits per heavy atom. The zero-order valence-electron chi connectivity index (χ0n) is 9.72. The summed E-state index contributed by atoms with van der Waals surface area (Å²) in [6.07, 6.45) is 3.52.